The molecule has 0 aliphatic carbocycles. The predicted octanol–water partition coefficient (Wildman–Crippen LogP) is 2.33. The Kier molecular flexibility index (Phi) is 5.87. The van der Waals surface area contributed by atoms with Crippen LogP contribution in [-0.4, -0.2) is 36.0 Å². The van der Waals surface area contributed by atoms with E-state index >= 15 is 0 Å². The van der Waals surface area contributed by atoms with Crippen molar-refractivity contribution in [3.05, 3.63) is 47.5 Å². The number of benzene rings is 2. The number of rotatable bonds is 7. The Morgan fingerprint density at radius 1 is 0.920 bits per heavy atom. The number of aryl methyl sites for hydroxylation is 1. The third-order valence-corrected chi connectivity index (χ3v) is 4.68. The van der Waals surface area contributed by atoms with E-state index in [4.69, 9.17) is 14.2 Å². The molecule has 0 unspecified atom stereocenters. The van der Waals surface area contributed by atoms with Crippen molar-refractivity contribution in [2.24, 2.45) is 5.10 Å². The highest BCUT2D eigenvalue weighted by molar-refractivity contribution is 7.89. The second-order valence-corrected chi connectivity index (χ2v) is 6.75. The van der Waals surface area contributed by atoms with E-state index in [1.165, 1.54) is 39.7 Å². The second-order valence-electron chi connectivity index (χ2n) is 5.09. The normalized spacial score (nSPS) is 11.4. The lowest BCUT2D eigenvalue weighted by Crippen LogP contribution is -2.18. The number of hydrazone groups is 1. The standard InChI is InChI=1S/C17H20N2O5S/c1-12-5-8-14(9-6-12)25(20,21)19-18-11-13-7-10-15(22-2)17(24-4)16(13)23-3/h5-11,19H,1-4H3/b18-11-. The minimum Gasteiger partial charge on any atom is -0.493 e. The Labute approximate surface area is 147 Å². The summed E-state index contributed by atoms with van der Waals surface area (Å²) in [7, 11) is 0.739. The Hall–Kier alpha value is -2.74. The lowest BCUT2D eigenvalue weighted by atomic mass is 10.2. The zero-order valence-electron chi connectivity index (χ0n) is 14.4. The average Bonchev–Trinajstić information content (AvgIpc) is 2.61. The van der Waals surface area contributed by atoms with E-state index in [9.17, 15) is 8.42 Å². The third kappa shape index (κ3) is 4.21. The molecule has 1 N–H and O–H groups in total. The molecular weight excluding hydrogens is 344 g/mol. The number of ether oxygens (including phenoxy) is 3. The maximum absolute atomic E-state index is 12.2. The highest BCUT2D eigenvalue weighted by Crippen LogP contribution is 2.38. The number of nitrogens with zero attached hydrogens (tertiary/aromatic N) is 1. The van der Waals surface area contributed by atoms with Gasteiger partial charge in [0.25, 0.3) is 10.0 Å². The monoisotopic (exact) mass is 364 g/mol. The minimum atomic E-state index is -3.74. The van der Waals surface area contributed by atoms with Crippen molar-refractivity contribution >= 4 is 16.2 Å². The molecule has 8 heteroatoms. The summed E-state index contributed by atoms with van der Waals surface area (Å²) < 4.78 is 40.2. The van der Waals surface area contributed by atoms with Gasteiger partial charge in [-0.05, 0) is 31.2 Å². The van der Waals surface area contributed by atoms with Crippen LogP contribution in [0.15, 0.2) is 46.4 Å². The largest absolute Gasteiger partial charge is 0.493 e. The molecule has 0 bridgehead atoms. The maximum Gasteiger partial charge on any atom is 0.276 e. The van der Waals surface area contributed by atoms with Gasteiger partial charge in [0.2, 0.25) is 5.75 Å². The first-order valence-electron chi connectivity index (χ1n) is 7.33. The molecule has 0 aromatic heterocycles. The van der Waals surface area contributed by atoms with Gasteiger partial charge in [0.05, 0.1) is 32.4 Å². The predicted molar refractivity (Wildman–Crippen MR) is 95.2 cm³/mol. The van der Waals surface area contributed by atoms with Crippen molar-refractivity contribution in [3.8, 4) is 17.2 Å². The summed E-state index contributed by atoms with van der Waals surface area (Å²) in [4.78, 5) is 2.31. The molecule has 0 saturated heterocycles. The van der Waals surface area contributed by atoms with E-state index < -0.39 is 10.0 Å². The Bertz CT molecular complexity index is 861. The second kappa shape index (κ2) is 7.89. The van der Waals surface area contributed by atoms with Crippen LogP contribution in [-0.2, 0) is 10.0 Å². The topological polar surface area (TPSA) is 86.2 Å². The Morgan fingerprint density at radius 2 is 1.56 bits per heavy atom. The van der Waals surface area contributed by atoms with Gasteiger partial charge in [-0.15, -0.1) is 0 Å². The van der Waals surface area contributed by atoms with Crippen LogP contribution in [0.5, 0.6) is 17.2 Å². The lowest BCUT2D eigenvalue weighted by molar-refractivity contribution is 0.324. The fraction of sp³-hybridized carbons (Fsp3) is 0.235. The SMILES string of the molecule is COc1ccc(/C=N\NS(=O)(=O)c2ccc(C)cc2)c(OC)c1OC. The molecule has 7 nitrogen and oxygen atoms in total. The van der Waals surface area contributed by atoms with Crippen molar-refractivity contribution in [1.82, 2.24) is 4.83 Å². The summed E-state index contributed by atoms with van der Waals surface area (Å²) in [6.07, 6.45) is 1.34. The number of nitrogens with one attached hydrogen (secondary N) is 1. The molecular formula is C17H20N2O5S. The molecule has 0 fully saturated rings. The molecule has 2 aromatic rings. The summed E-state index contributed by atoms with van der Waals surface area (Å²) >= 11 is 0. The first-order valence-corrected chi connectivity index (χ1v) is 8.81. The third-order valence-electron chi connectivity index (χ3n) is 3.44. The zero-order chi connectivity index (χ0) is 18.4. The van der Waals surface area contributed by atoms with Gasteiger partial charge in [-0.3, -0.25) is 0 Å². The van der Waals surface area contributed by atoms with Gasteiger partial charge in [0, 0.05) is 5.56 Å². The fourth-order valence-corrected chi connectivity index (χ4v) is 2.95. The van der Waals surface area contributed by atoms with Crippen molar-refractivity contribution in [1.29, 1.82) is 0 Å². The van der Waals surface area contributed by atoms with E-state index in [-0.39, 0.29) is 4.90 Å². The summed E-state index contributed by atoms with van der Waals surface area (Å²) in [5.41, 5.74) is 1.50. The molecule has 2 rings (SSSR count). The zero-order valence-corrected chi connectivity index (χ0v) is 15.3. The summed E-state index contributed by atoms with van der Waals surface area (Å²) in [6.45, 7) is 1.88. The van der Waals surface area contributed by atoms with Crippen LogP contribution < -0.4 is 19.0 Å². The molecule has 2 aromatic carbocycles. The van der Waals surface area contributed by atoms with Crippen LogP contribution in [0.25, 0.3) is 0 Å². The first-order chi connectivity index (χ1) is 11.9. The highest BCUT2D eigenvalue weighted by atomic mass is 32.2. The highest BCUT2D eigenvalue weighted by Gasteiger charge is 2.15. The van der Waals surface area contributed by atoms with Crippen LogP contribution in [0, 0.1) is 6.92 Å². The maximum atomic E-state index is 12.2. The van der Waals surface area contributed by atoms with E-state index in [1.54, 1.807) is 24.3 Å². The van der Waals surface area contributed by atoms with Crippen LogP contribution in [0.3, 0.4) is 0 Å². The Morgan fingerprint density at radius 3 is 2.12 bits per heavy atom. The van der Waals surface area contributed by atoms with E-state index in [0.717, 1.165) is 5.56 Å². The van der Waals surface area contributed by atoms with E-state index in [1.807, 2.05) is 6.92 Å². The van der Waals surface area contributed by atoms with Crippen LogP contribution in [0.1, 0.15) is 11.1 Å². The first kappa shape index (κ1) is 18.6. The summed E-state index contributed by atoms with van der Waals surface area (Å²) in [5.74, 6) is 1.28. The molecule has 134 valence electrons. The minimum absolute atomic E-state index is 0.134. The van der Waals surface area contributed by atoms with Gasteiger partial charge in [0.1, 0.15) is 0 Å². The van der Waals surface area contributed by atoms with Crippen molar-refractivity contribution in [3.63, 3.8) is 0 Å². The molecule has 0 spiro atoms. The van der Waals surface area contributed by atoms with E-state index in [2.05, 4.69) is 9.93 Å². The van der Waals surface area contributed by atoms with Crippen LogP contribution in [0.4, 0.5) is 0 Å². The smallest absolute Gasteiger partial charge is 0.276 e. The van der Waals surface area contributed by atoms with Gasteiger partial charge < -0.3 is 14.2 Å². The number of hydrogen-bond donors (Lipinski definition) is 1. The van der Waals surface area contributed by atoms with Crippen LogP contribution in [0.2, 0.25) is 0 Å². The number of methoxy groups -OCH3 is 3. The molecule has 0 aliphatic heterocycles. The molecule has 0 radical (unpaired) electrons. The Balaban J connectivity index is 2.26. The summed E-state index contributed by atoms with van der Waals surface area (Å²) in [6, 6.07) is 9.83. The lowest BCUT2D eigenvalue weighted by Gasteiger charge is -2.13. The van der Waals surface area contributed by atoms with Gasteiger partial charge in [-0.1, -0.05) is 17.7 Å². The molecule has 0 atom stereocenters. The number of hydrogen-bond acceptors (Lipinski definition) is 6. The summed E-state index contributed by atoms with van der Waals surface area (Å²) in [5, 5.41) is 3.81. The molecule has 0 saturated carbocycles. The average molecular weight is 364 g/mol. The quantitative estimate of drug-likeness (QED) is 0.602. The molecule has 25 heavy (non-hydrogen) atoms. The van der Waals surface area contributed by atoms with Gasteiger partial charge >= 0.3 is 0 Å². The van der Waals surface area contributed by atoms with Gasteiger partial charge in [-0.2, -0.15) is 13.5 Å². The molecule has 0 amide bonds. The molecule has 0 aliphatic rings. The van der Waals surface area contributed by atoms with Gasteiger partial charge in [-0.25, -0.2) is 4.83 Å². The molecule has 0 heterocycles. The van der Waals surface area contributed by atoms with E-state index in [0.29, 0.717) is 22.8 Å². The number of sulfonamides is 1. The van der Waals surface area contributed by atoms with Gasteiger partial charge in [0.15, 0.2) is 11.5 Å². The van der Waals surface area contributed by atoms with Crippen molar-refractivity contribution in [2.75, 3.05) is 21.3 Å². The van der Waals surface area contributed by atoms with Crippen molar-refractivity contribution in [2.45, 2.75) is 11.8 Å². The van der Waals surface area contributed by atoms with Crippen LogP contribution >= 0.6 is 0 Å². The fourth-order valence-electron chi connectivity index (χ4n) is 2.16. The van der Waals surface area contributed by atoms with Crippen molar-refractivity contribution < 1.29 is 22.6 Å².